The van der Waals surface area contributed by atoms with Crippen LogP contribution in [-0.4, -0.2) is 56.0 Å². The van der Waals surface area contributed by atoms with E-state index in [0.717, 1.165) is 30.8 Å². The lowest BCUT2D eigenvalue weighted by Gasteiger charge is -2.19. The van der Waals surface area contributed by atoms with Crippen molar-refractivity contribution in [2.24, 2.45) is 0 Å². The summed E-state index contributed by atoms with van der Waals surface area (Å²) in [6.45, 7) is 2.68. The lowest BCUT2D eigenvalue weighted by Crippen LogP contribution is -2.34. The summed E-state index contributed by atoms with van der Waals surface area (Å²) in [6.07, 6.45) is 0.855. The molecule has 0 atom stereocenters. The van der Waals surface area contributed by atoms with Crippen LogP contribution in [0.4, 0.5) is 0 Å². The molecule has 0 bridgehead atoms. The first-order valence-corrected chi connectivity index (χ1v) is 8.18. The zero-order valence-electron chi connectivity index (χ0n) is 10.4. The highest BCUT2D eigenvalue weighted by Crippen LogP contribution is 2.25. The van der Waals surface area contributed by atoms with Crippen molar-refractivity contribution in [2.45, 2.75) is 17.2 Å². The second-order valence-electron chi connectivity index (χ2n) is 4.44. The molecule has 5 nitrogen and oxygen atoms in total. The topological polar surface area (TPSA) is 60.9 Å². The maximum absolute atomic E-state index is 12.4. The van der Waals surface area contributed by atoms with Crippen LogP contribution < -0.4 is 0 Å². The summed E-state index contributed by atoms with van der Waals surface area (Å²) in [4.78, 5) is 2.82. The van der Waals surface area contributed by atoms with Crippen molar-refractivity contribution < 1.29 is 13.5 Å². The van der Waals surface area contributed by atoms with Crippen molar-refractivity contribution in [3.63, 3.8) is 0 Å². The average molecular weight is 290 g/mol. The van der Waals surface area contributed by atoms with Gasteiger partial charge in [0.25, 0.3) is 10.0 Å². The maximum Gasteiger partial charge on any atom is 0.252 e. The molecule has 0 amide bonds. The molecule has 1 N–H and O–H groups in total. The van der Waals surface area contributed by atoms with E-state index in [1.807, 2.05) is 7.05 Å². The number of rotatable bonds is 3. The van der Waals surface area contributed by atoms with Gasteiger partial charge in [-0.3, -0.25) is 0 Å². The molecule has 0 aromatic carbocycles. The molecule has 18 heavy (non-hydrogen) atoms. The Morgan fingerprint density at radius 3 is 2.72 bits per heavy atom. The van der Waals surface area contributed by atoms with Crippen molar-refractivity contribution in [1.29, 1.82) is 0 Å². The lowest BCUT2D eigenvalue weighted by molar-refractivity contribution is 0.285. The van der Waals surface area contributed by atoms with Crippen LogP contribution in [0.25, 0.3) is 0 Å². The van der Waals surface area contributed by atoms with Gasteiger partial charge in [0, 0.05) is 24.5 Å². The van der Waals surface area contributed by atoms with Crippen LogP contribution >= 0.6 is 11.3 Å². The van der Waals surface area contributed by atoms with Gasteiger partial charge in [0.2, 0.25) is 0 Å². The monoisotopic (exact) mass is 290 g/mol. The first-order chi connectivity index (χ1) is 8.54. The van der Waals surface area contributed by atoms with Gasteiger partial charge in [-0.25, -0.2) is 8.42 Å². The highest BCUT2D eigenvalue weighted by molar-refractivity contribution is 7.91. The molecule has 0 saturated carbocycles. The Morgan fingerprint density at radius 1 is 1.28 bits per heavy atom. The third-order valence-corrected chi connectivity index (χ3v) is 6.50. The van der Waals surface area contributed by atoms with E-state index in [9.17, 15) is 8.42 Å². The summed E-state index contributed by atoms with van der Waals surface area (Å²) < 4.78 is 26.7. The molecule has 2 rings (SSSR count). The number of sulfonamides is 1. The molecule has 1 aliphatic heterocycles. The number of aliphatic hydroxyl groups is 1. The van der Waals surface area contributed by atoms with E-state index >= 15 is 0 Å². The highest BCUT2D eigenvalue weighted by atomic mass is 32.2. The zero-order chi connectivity index (χ0) is 13.2. The number of hydrogen-bond acceptors (Lipinski definition) is 5. The molecule has 0 spiro atoms. The van der Waals surface area contributed by atoms with Crippen LogP contribution in [0.15, 0.2) is 16.3 Å². The SMILES string of the molecule is CN1CCCN(S(=O)(=O)c2ccc(CO)s2)CC1. The van der Waals surface area contributed by atoms with E-state index in [-0.39, 0.29) is 6.61 Å². The lowest BCUT2D eigenvalue weighted by atomic mass is 10.4. The summed E-state index contributed by atoms with van der Waals surface area (Å²) in [6, 6.07) is 3.25. The number of aliphatic hydroxyl groups excluding tert-OH is 1. The smallest absolute Gasteiger partial charge is 0.252 e. The largest absolute Gasteiger partial charge is 0.391 e. The van der Waals surface area contributed by atoms with Gasteiger partial charge in [-0.05, 0) is 32.1 Å². The number of likely N-dealkylation sites (N-methyl/N-ethyl adjacent to an activating group) is 1. The van der Waals surface area contributed by atoms with Crippen molar-refractivity contribution in [3.05, 3.63) is 17.0 Å². The van der Waals surface area contributed by atoms with E-state index in [0.29, 0.717) is 22.2 Å². The predicted octanol–water partition coefficient (Wildman–Crippen LogP) is 0.567. The van der Waals surface area contributed by atoms with E-state index in [4.69, 9.17) is 5.11 Å². The molecule has 1 aromatic heterocycles. The second kappa shape index (κ2) is 5.66. The van der Waals surface area contributed by atoms with Gasteiger partial charge in [0.05, 0.1) is 6.61 Å². The molecule has 1 saturated heterocycles. The third kappa shape index (κ3) is 2.92. The minimum atomic E-state index is -3.38. The van der Waals surface area contributed by atoms with Gasteiger partial charge in [-0.1, -0.05) is 0 Å². The van der Waals surface area contributed by atoms with Crippen molar-refractivity contribution in [1.82, 2.24) is 9.21 Å². The Balaban J connectivity index is 2.19. The fraction of sp³-hybridized carbons (Fsp3) is 0.636. The van der Waals surface area contributed by atoms with Gasteiger partial charge >= 0.3 is 0 Å². The van der Waals surface area contributed by atoms with Crippen LogP contribution in [0.3, 0.4) is 0 Å². The van der Waals surface area contributed by atoms with Crippen LogP contribution in [0.1, 0.15) is 11.3 Å². The van der Waals surface area contributed by atoms with E-state index < -0.39 is 10.0 Å². The van der Waals surface area contributed by atoms with Gasteiger partial charge in [0.1, 0.15) is 4.21 Å². The summed E-state index contributed by atoms with van der Waals surface area (Å²) in [5.74, 6) is 0. The fourth-order valence-electron chi connectivity index (χ4n) is 1.97. The number of nitrogens with zero attached hydrogens (tertiary/aromatic N) is 2. The predicted molar refractivity (Wildman–Crippen MR) is 71.1 cm³/mol. The molecular formula is C11H18N2O3S2. The molecular weight excluding hydrogens is 272 g/mol. The summed E-state index contributed by atoms with van der Waals surface area (Å²) in [7, 11) is -1.38. The Bertz CT molecular complexity index is 498. The van der Waals surface area contributed by atoms with Crippen molar-refractivity contribution in [2.75, 3.05) is 33.2 Å². The highest BCUT2D eigenvalue weighted by Gasteiger charge is 2.27. The first kappa shape index (κ1) is 14.0. The quantitative estimate of drug-likeness (QED) is 0.884. The van der Waals surface area contributed by atoms with Gasteiger partial charge in [-0.2, -0.15) is 4.31 Å². The van der Waals surface area contributed by atoms with Gasteiger partial charge < -0.3 is 10.0 Å². The van der Waals surface area contributed by atoms with Crippen LogP contribution in [0.2, 0.25) is 0 Å². The Hall–Kier alpha value is -0.470. The first-order valence-electron chi connectivity index (χ1n) is 5.92. The van der Waals surface area contributed by atoms with E-state index in [1.54, 1.807) is 16.4 Å². The minimum Gasteiger partial charge on any atom is -0.391 e. The summed E-state index contributed by atoms with van der Waals surface area (Å²) >= 11 is 1.15. The Kier molecular flexibility index (Phi) is 4.39. The molecule has 0 aliphatic carbocycles. The Labute approximate surface area is 112 Å². The molecule has 0 unspecified atom stereocenters. The van der Waals surface area contributed by atoms with Crippen LogP contribution in [0, 0.1) is 0 Å². The van der Waals surface area contributed by atoms with Gasteiger partial charge in [-0.15, -0.1) is 11.3 Å². The molecule has 2 heterocycles. The van der Waals surface area contributed by atoms with Crippen LogP contribution in [-0.2, 0) is 16.6 Å². The van der Waals surface area contributed by atoms with Gasteiger partial charge in [0.15, 0.2) is 0 Å². The normalized spacial score (nSPS) is 19.9. The van der Waals surface area contributed by atoms with Crippen molar-refractivity contribution in [3.8, 4) is 0 Å². The zero-order valence-corrected chi connectivity index (χ0v) is 12.0. The second-order valence-corrected chi connectivity index (χ2v) is 7.77. The molecule has 0 radical (unpaired) electrons. The molecule has 102 valence electrons. The Morgan fingerprint density at radius 2 is 2.06 bits per heavy atom. The fourth-order valence-corrected chi connectivity index (χ4v) is 4.81. The standard InChI is InChI=1S/C11H18N2O3S2/c1-12-5-2-6-13(8-7-12)18(15,16)11-4-3-10(9-14)17-11/h3-4,14H,2,5-9H2,1H3. The molecule has 1 fully saturated rings. The molecule has 7 heteroatoms. The number of hydrogen-bond donors (Lipinski definition) is 1. The van der Waals surface area contributed by atoms with Crippen molar-refractivity contribution >= 4 is 21.4 Å². The minimum absolute atomic E-state index is 0.108. The van der Waals surface area contributed by atoms with Crippen LogP contribution in [0.5, 0.6) is 0 Å². The summed E-state index contributed by atoms with van der Waals surface area (Å²) in [5.41, 5.74) is 0. The maximum atomic E-state index is 12.4. The number of thiophene rings is 1. The summed E-state index contributed by atoms with van der Waals surface area (Å²) in [5, 5.41) is 9.00. The molecule has 1 aliphatic rings. The average Bonchev–Trinajstić information content (AvgIpc) is 2.72. The third-order valence-electron chi connectivity index (χ3n) is 3.07. The van der Waals surface area contributed by atoms with E-state index in [2.05, 4.69) is 4.90 Å². The van der Waals surface area contributed by atoms with E-state index in [1.165, 1.54) is 0 Å². The molecule has 1 aromatic rings.